The highest BCUT2D eigenvalue weighted by atomic mass is 32.2. The number of thioether (sulfide) groups is 1. The molecule has 1 unspecified atom stereocenters. The molecule has 0 radical (unpaired) electrons. The highest BCUT2D eigenvalue weighted by molar-refractivity contribution is 8.14. The van der Waals surface area contributed by atoms with Gasteiger partial charge in [0.2, 0.25) is 0 Å². The van der Waals surface area contributed by atoms with Crippen molar-refractivity contribution in [3.63, 3.8) is 0 Å². The molecule has 0 saturated heterocycles. The third kappa shape index (κ3) is 3.30. The molecule has 0 spiro atoms. The molecule has 2 amide bonds. The predicted molar refractivity (Wildman–Crippen MR) is 62.0 cm³/mol. The van der Waals surface area contributed by atoms with Gasteiger partial charge in [-0.05, 0) is 18.8 Å². The van der Waals surface area contributed by atoms with Crippen LogP contribution in [0.4, 0.5) is 4.79 Å². The van der Waals surface area contributed by atoms with Crippen LogP contribution in [-0.2, 0) is 0 Å². The van der Waals surface area contributed by atoms with E-state index in [-0.39, 0.29) is 0 Å². The Morgan fingerprint density at radius 1 is 1.53 bits per heavy atom. The van der Waals surface area contributed by atoms with E-state index in [4.69, 9.17) is 5.73 Å². The van der Waals surface area contributed by atoms with Gasteiger partial charge in [-0.15, -0.1) is 0 Å². The number of urea groups is 1. The van der Waals surface area contributed by atoms with E-state index in [1.807, 2.05) is 11.8 Å². The lowest BCUT2D eigenvalue weighted by Crippen LogP contribution is -2.36. The van der Waals surface area contributed by atoms with Crippen molar-refractivity contribution < 1.29 is 4.79 Å². The van der Waals surface area contributed by atoms with E-state index < -0.39 is 6.03 Å². The third-order valence-electron chi connectivity index (χ3n) is 2.53. The number of rotatable bonds is 4. The number of hydrogen-bond acceptors (Lipinski definition) is 4. The van der Waals surface area contributed by atoms with Crippen molar-refractivity contribution in [3.8, 4) is 0 Å². The van der Waals surface area contributed by atoms with Crippen molar-refractivity contribution in [2.45, 2.75) is 18.1 Å². The summed E-state index contributed by atoms with van der Waals surface area (Å²) < 4.78 is 0. The van der Waals surface area contributed by atoms with Crippen LogP contribution in [0.2, 0.25) is 0 Å². The van der Waals surface area contributed by atoms with Crippen LogP contribution in [0.15, 0.2) is 4.99 Å². The highest BCUT2D eigenvalue weighted by Crippen LogP contribution is 2.41. The lowest BCUT2D eigenvalue weighted by atomic mass is 10.3. The van der Waals surface area contributed by atoms with E-state index in [9.17, 15) is 4.79 Å². The predicted octanol–water partition coefficient (Wildman–Crippen LogP) is 0.126. The average Bonchev–Trinajstić information content (AvgIpc) is 2.94. The van der Waals surface area contributed by atoms with Crippen LogP contribution in [0.1, 0.15) is 12.8 Å². The van der Waals surface area contributed by atoms with Gasteiger partial charge in [-0.25, -0.2) is 4.79 Å². The van der Waals surface area contributed by atoms with Gasteiger partial charge in [-0.3, -0.25) is 4.99 Å². The van der Waals surface area contributed by atoms with Crippen LogP contribution in [0.25, 0.3) is 0 Å². The van der Waals surface area contributed by atoms with Crippen LogP contribution in [0.3, 0.4) is 0 Å². The molecule has 1 aliphatic carbocycles. The number of nitrogens with two attached hydrogens (primary N) is 1. The SMILES string of the molecule is NC(=O)NCCNC1=NCC(C2CC2)S1. The first-order chi connectivity index (χ1) is 7.25. The van der Waals surface area contributed by atoms with Crippen LogP contribution >= 0.6 is 11.8 Å². The van der Waals surface area contributed by atoms with E-state index >= 15 is 0 Å². The summed E-state index contributed by atoms with van der Waals surface area (Å²) in [5.74, 6) is 0.891. The Bertz CT molecular complexity index is 277. The Morgan fingerprint density at radius 2 is 2.33 bits per heavy atom. The molecule has 0 aromatic heterocycles. The lowest BCUT2D eigenvalue weighted by molar-refractivity contribution is 0.249. The number of amidine groups is 1. The minimum Gasteiger partial charge on any atom is -0.363 e. The first kappa shape index (κ1) is 10.6. The van der Waals surface area contributed by atoms with E-state index in [1.165, 1.54) is 12.8 Å². The monoisotopic (exact) mass is 228 g/mol. The third-order valence-corrected chi connectivity index (χ3v) is 3.86. The number of nitrogens with one attached hydrogen (secondary N) is 2. The Kier molecular flexibility index (Phi) is 3.35. The van der Waals surface area contributed by atoms with Crippen molar-refractivity contribution in [1.82, 2.24) is 10.6 Å². The first-order valence-electron chi connectivity index (χ1n) is 5.24. The summed E-state index contributed by atoms with van der Waals surface area (Å²) in [4.78, 5) is 14.8. The number of aliphatic imine (C=N–C) groups is 1. The molecule has 1 fully saturated rings. The van der Waals surface area contributed by atoms with E-state index in [1.54, 1.807) is 0 Å². The normalized spacial score (nSPS) is 24.8. The fraction of sp³-hybridized carbons (Fsp3) is 0.778. The minimum atomic E-state index is -0.478. The number of amides is 2. The van der Waals surface area contributed by atoms with Gasteiger partial charge >= 0.3 is 6.03 Å². The lowest BCUT2D eigenvalue weighted by Gasteiger charge is -2.07. The van der Waals surface area contributed by atoms with E-state index in [2.05, 4.69) is 15.6 Å². The molecule has 5 nitrogen and oxygen atoms in total. The Hall–Kier alpha value is -0.910. The second-order valence-corrected chi connectivity index (χ2v) is 5.09. The van der Waals surface area contributed by atoms with Crippen molar-refractivity contribution >= 4 is 23.0 Å². The average molecular weight is 228 g/mol. The second kappa shape index (κ2) is 4.74. The maximum Gasteiger partial charge on any atom is 0.312 e. The summed E-state index contributed by atoms with van der Waals surface area (Å²) in [6.45, 7) is 2.18. The van der Waals surface area contributed by atoms with Crippen LogP contribution in [-0.4, -0.2) is 36.1 Å². The molecule has 2 aliphatic rings. The first-order valence-corrected chi connectivity index (χ1v) is 6.12. The fourth-order valence-electron chi connectivity index (χ4n) is 1.56. The summed E-state index contributed by atoms with van der Waals surface area (Å²) in [7, 11) is 0. The Balaban J connectivity index is 1.58. The smallest absolute Gasteiger partial charge is 0.312 e. The Morgan fingerprint density at radius 3 is 3.00 bits per heavy atom. The standard InChI is InChI=1S/C9H16N4OS/c10-8(14)11-3-4-12-9-13-5-7(15-9)6-1-2-6/h6-7H,1-5H2,(H,12,13)(H3,10,11,14). The second-order valence-electron chi connectivity index (χ2n) is 3.86. The molecule has 0 bridgehead atoms. The molecule has 0 aromatic rings. The summed E-state index contributed by atoms with van der Waals surface area (Å²) in [5.41, 5.74) is 4.94. The quantitative estimate of drug-likeness (QED) is 0.598. The summed E-state index contributed by atoms with van der Waals surface area (Å²) in [5, 5.41) is 7.42. The molecule has 1 heterocycles. The van der Waals surface area contributed by atoms with Crippen molar-refractivity contribution in [2.24, 2.45) is 16.6 Å². The number of carbonyl (C=O) groups is 1. The molecular weight excluding hydrogens is 212 g/mol. The molecule has 1 saturated carbocycles. The topological polar surface area (TPSA) is 79.5 Å². The van der Waals surface area contributed by atoms with Gasteiger partial charge in [0.15, 0.2) is 5.17 Å². The zero-order chi connectivity index (χ0) is 10.7. The zero-order valence-corrected chi connectivity index (χ0v) is 9.35. The molecule has 2 rings (SSSR count). The molecule has 1 aliphatic heterocycles. The van der Waals surface area contributed by atoms with Gasteiger partial charge in [0.1, 0.15) is 0 Å². The largest absolute Gasteiger partial charge is 0.363 e. The number of carbonyl (C=O) groups excluding carboxylic acids is 1. The maximum absolute atomic E-state index is 10.4. The van der Waals surface area contributed by atoms with Crippen LogP contribution in [0.5, 0.6) is 0 Å². The fourth-order valence-corrected chi connectivity index (χ4v) is 2.79. The van der Waals surface area contributed by atoms with Crippen LogP contribution < -0.4 is 16.4 Å². The summed E-state index contributed by atoms with van der Waals surface area (Å²) in [6, 6.07) is -0.478. The molecule has 4 N–H and O–H groups in total. The Labute approximate surface area is 93.3 Å². The van der Waals surface area contributed by atoms with Crippen LogP contribution in [0, 0.1) is 5.92 Å². The zero-order valence-electron chi connectivity index (χ0n) is 8.53. The van der Waals surface area contributed by atoms with Gasteiger partial charge in [0.25, 0.3) is 0 Å². The van der Waals surface area contributed by atoms with Gasteiger partial charge in [-0.1, -0.05) is 11.8 Å². The van der Waals surface area contributed by atoms with Crippen molar-refractivity contribution in [3.05, 3.63) is 0 Å². The molecule has 6 heteroatoms. The molecule has 1 atom stereocenters. The van der Waals surface area contributed by atoms with Gasteiger partial charge < -0.3 is 16.4 Å². The van der Waals surface area contributed by atoms with E-state index in [0.717, 1.165) is 17.6 Å². The number of primary amides is 1. The maximum atomic E-state index is 10.4. The van der Waals surface area contributed by atoms with Gasteiger partial charge in [-0.2, -0.15) is 0 Å². The van der Waals surface area contributed by atoms with Crippen molar-refractivity contribution in [2.75, 3.05) is 19.6 Å². The summed E-state index contributed by atoms with van der Waals surface area (Å²) >= 11 is 1.84. The number of hydrogen-bond donors (Lipinski definition) is 3. The van der Waals surface area contributed by atoms with Gasteiger partial charge in [0.05, 0.1) is 6.54 Å². The van der Waals surface area contributed by atoms with Crippen molar-refractivity contribution in [1.29, 1.82) is 0 Å². The van der Waals surface area contributed by atoms with E-state index in [0.29, 0.717) is 18.3 Å². The number of nitrogens with zero attached hydrogens (tertiary/aromatic N) is 1. The highest BCUT2D eigenvalue weighted by Gasteiger charge is 2.35. The summed E-state index contributed by atoms with van der Waals surface area (Å²) in [6.07, 6.45) is 2.73. The van der Waals surface area contributed by atoms with Gasteiger partial charge in [0, 0.05) is 18.3 Å². The molecule has 84 valence electrons. The minimum absolute atomic E-state index is 0.478. The molecule has 0 aromatic carbocycles. The molecule has 15 heavy (non-hydrogen) atoms. The molecular formula is C9H16N4OS.